The van der Waals surface area contributed by atoms with Gasteiger partial charge < -0.3 is 5.32 Å². The van der Waals surface area contributed by atoms with Crippen molar-refractivity contribution in [2.75, 3.05) is 0 Å². The fraction of sp³-hybridized carbons (Fsp3) is 0.385. The highest BCUT2D eigenvalue weighted by Crippen LogP contribution is 2.24. The normalized spacial score (nSPS) is 18.2. The molecule has 1 N–H and O–H groups in total. The number of rotatable bonds is 4. The molecule has 22 heavy (non-hydrogen) atoms. The molecular weight excluding hydrogens is 294 g/mol. The molecule has 0 spiro atoms. The van der Waals surface area contributed by atoms with E-state index in [0.29, 0.717) is 25.7 Å². The van der Waals surface area contributed by atoms with E-state index < -0.39 is 33.0 Å². The molecule has 1 aromatic rings. The van der Waals surface area contributed by atoms with Gasteiger partial charge in [-0.15, -0.1) is 0 Å². The molecule has 1 unspecified atom stereocenters. The highest BCUT2D eigenvalue weighted by molar-refractivity contribution is 6.03. The van der Waals surface area contributed by atoms with E-state index in [1.807, 2.05) is 0 Å². The second-order valence-electron chi connectivity index (χ2n) is 4.98. The molecule has 0 aromatic heterocycles. The summed E-state index contributed by atoms with van der Waals surface area (Å²) < 4.78 is 0. The third kappa shape index (κ3) is 3.43. The van der Waals surface area contributed by atoms with Gasteiger partial charge in [0.1, 0.15) is 0 Å². The smallest absolute Gasteiger partial charge is 0.277 e. The number of hydrogen-bond acceptors (Lipinski definition) is 6. The second kappa shape index (κ2) is 6.29. The predicted molar refractivity (Wildman–Crippen MR) is 74.5 cm³/mol. The average Bonchev–Trinajstić information content (AvgIpc) is 2.70. The summed E-state index contributed by atoms with van der Waals surface area (Å²) in [5.41, 5.74) is -1.21. The van der Waals surface area contributed by atoms with Crippen molar-refractivity contribution < 1.29 is 19.4 Å². The second-order valence-corrected chi connectivity index (χ2v) is 4.98. The molecule has 0 radical (unpaired) electrons. The number of nitro benzene ring substituents is 2. The predicted octanol–water partition coefficient (Wildman–Crippen LogP) is 1.74. The van der Waals surface area contributed by atoms with Gasteiger partial charge in [0.2, 0.25) is 5.91 Å². The molecule has 1 aliphatic heterocycles. The van der Waals surface area contributed by atoms with Crippen LogP contribution in [0.4, 0.5) is 11.4 Å². The lowest BCUT2D eigenvalue weighted by Crippen LogP contribution is -2.39. The molecule has 0 saturated carbocycles. The Bertz CT molecular complexity index is 625. The minimum absolute atomic E-state index is 0.145. The Hall–Kier alpha value is -2.84. The largest absolute Gasteiger partial charge is 0.346 e. The van der Waals surface area contributed by atoms with Crippen molar-refractivity contribution in [3.63, 3.8) is 0 Å². The number of amides is 1. The molecule has 1 aliphatic rings. The maximum absolute atomic E-state index is 12.4. The summed E-state index contributed by atoms with van der Waals surface area (Å²) in [6.45, 7) is 0. The maximum Gasteiger partial charge on any atom is 0.277 e. The number of carbonyl (C=O) groups is 2. The van der Waals surface area contributed by atoms with Crippen molar-refractivity contribution in [1.82, 2.24) is 5.32 Å². The molecule has 116 valence electrons. The lowest BCUT2D eigenvalue weighted by Gasteiger charge is -2.14. The first kappa shape index (κ1) is 15.5. The summed E-state index contributed by atoms with van der Waals surface area (Å²) in [6, 6.07) is 1.97. The van der Waals surface area contributed by atoms with Crippen LogP contribution >= 0.6 is 0 Å². The zero-order chi connectivity index (χ0) is 16.3. The molecule has 1 atom stereocenters. The van der Waals surface area contributed by atoms with Crippen molar-refractivity contribution in [1.29, 1.82) is 0 Å². The zero-order valence-electron chi connectivity index (χ0n) is 11.5. The SMILES string of the molecule is O=C1CCCCC(C(=O)c2cc([N+](=O)[O-])cc([N+](=O)[O-])c2)N1. The van der Waals surface area contributed by atoms with Crippen LogP contribution in [0.2, 0.25) is 0 Å². The topological polar surface area (TPSA) is 132 Å². The number of nitro groups is 2. The van der Waals surface area contributed by atoms with Gasteiger partial charge in [-0.3, -0.25) is 29.8 Å². The molecule has 1 aromatic carbocycles. The highest BCUT2D eigenvalue weighted by Gasteiger charge is 2.27. The van der Waals surface area contributed by atoms with Crippen LogP contribution in [0.15, 0.2) is 18.2 Å². The van der Waals surface area contributed by atoms with Crippen LogP contribution < -0.4 is 5.32 Å². The maximum atomic E-state index is 12.4. The van der Waals surface area contributed by atoms with E-state index in [9.17, 15) is 29.8 Å². The van der Waals surface area contributed by atoms with Gasteiger partial charge in [-0.05, 0) is 12.8 Å². The van der Waals surface area contributed by atoms with Crippen molar-refractivity contribution in [2.45, 2.75) is 31.7 Å². The Kier molecular flexibility index (Phi) is 4.44. The first-order chi connectivity index (χ1) is 10.4. The van der Waals surface area contributed by atoms with Gasteiger partial charge in [-0.2, -0.15) is 0 Å². The Labute approximate surface area is 124 Å². The lowest BCUT2D eigenvalue weighted by molar-refractivity contribution is -0.394. The first-order valence-corrected chi connectivity index (χ1v) is 6.66. The molecule has 2 rings (SSSR count). The van der Waals surface area contributed by atoms with E-state index in [1.165, 1.54) is 0 Å². The summed E-state index contributed by atoms with van der Waals surface area (Å²) in [5, 5.41) is 24.2. The van der Waals surface area contributed by atoms with Crippen molar-refractivity contribution >= 4 is 23.1 Å². The zero-order valence-corrected chi connectivity index (χ0v) is 11.5. The van der Waals surface area contributed by atoms with Crippen LogP contribution in [0.1, 0.15) is 36.0 Å². The Morgan fingerprint density at radius 1 is 1.09 bits per heavy atom. The highest BCUT2D eigenvalue weighted by atomic mass is 16.6. The molecule has 0 aliphatic carbocycles. The number of carbonyl (C=O) groups excluding carboxylic acids is 2. The summed E-state index contributed by atoms with van der Waals surface area (Å²) in [5.74, 6) is -0.821. The van der Waals surface area contributed by atoms with Crippen molar-refractivity contribution in [2.24, 2.45) is 0 Å². The van der Waals surface area contributed by atoms with Gasteiger partial charge in [0.05, 0.1) is 22.0 Å². The van der Waals surface area contributed by atoms with E-state index in [2.05, 4.69) is 5.32 Å². The van der Waals surface area contributed by atoms with Gasteiger partial charge >= 0.3 is 0 Å². The number of benzene rings is 1. The molecular formula is C13H13N3O6. The average molecular weight is 307 g/mol. The Morgan fingerprint density at radius 2 is 1.68 bits per heavy atom. The number of nitrogens with one attached hydrogen (secondary N) is 1. The van der Waals surface area contributed by atoms with Crippen LogP contribution in [0.5, 0.6) is 0 Å². The van der Waals surface area contributed by atoms with E-state index >= 15 is 0 Å². The van der Waals surface area contributed by atoms with Gasteiger partial charge in [0.15, 0.2) is 5.78 Å². The number of nitrogens with zero attached hydrogens (tertiary/aromatic N) is 2. The number of non-ortho nitro benzene ring substituents is 2. The number of Topliss-reactive ketones (excluding diaryl/α,β-unsaturated/α-hetero) is 1. The van der Waals surface area contributed by atoms with Gasteiger partial charge in [-0.1, -0.05) is 6.42 Å². The molecule has 0 bridgehead atoms. The molecule has 1 fully saturated rings. The van der Waals surface area contributed by atoms with Gasteiger partial charge in [-0.25, -0.2) is 0 Å². The van der Waals surface area contributed by atoms with Crippen LogP contribution in [-0.4, -0.2) is 27.6 Å². The third-order valence-corrected chi connectivity index (χ3v) is 3.41. The summed E-state index contributed by atoms with van der Waals surface area (Å²) in [6.07, 6.45) is 2.04. The quantitative estimate of drug-likeness (QED) is 0.511. The molecule has 1 saturated heterocycles. The van der Waals surface area contributed by atoms with Crippen molar-refractivity contribution in [3.05, 3.63) is 44.0 Å². The third-order valence-electron chi connectivity index (χ3n) is 3.41. The monoisotopic (exact) mass is 307 g/mol. The number of ketones is 1. The van der Waals surface area contributed by atoms with Crippen molar-refractivity contribution in [3.8, 4) is 0 Å². The van der Waals surface area contributed by atoms with E-state index in [4.69, 9.17) is 0 Å². The minimum Gasteiger partial charge on any atom is -0.346 e. The van der Waals surface area contributed by atoms with Crippen LogP contribution in [-0.2, 0) is 4.79 Å². The molecule has 9 heteroatoms. The molecule has 1 amide bonds. The molecule has 9 nitrogen and oxygen atoms in total. The van der Waals surface area contributed by atoms with Crippen LogP contribution in [0.3, 0.4) is 0 Å². The van der Waals surface area contributed by atoms with Crippen LogP contribution in [0, 0.1) is 20.2 Å². The Morgan fingerprint density at radius 3 is 2.23 bits per heavy atom. The molecule has 1 heterocycles. The van der Waals surface area contributed by atoms with E-state index in [1.54, 1.807) is 0 Å². The fourth-order valence-electron chi connectivity index (χ4n) is 2.32. The van der Waals surface area contributed by atoms with Gasteiger partial charge in [0.25, 0.3) is 11.4 Å². The van der Waals surface area contributed by atoms with E-state index in [-0.39, 0.29) is 11.5 Å². The first-order valence-electron chi connectivity index (χ1n) is 6.66. The summed E-state index contributed by atoms with van der Waals surface area (Å²) in [4.78, 5) is 44.0. The minimum atomic E-state index is -0.809. The standard InChI is InChI=1S/C13H13N3O6/c17-12-4-2-1-3-11(14-12)13(18)8-5-9(15(19)20)7-10(6-8)16(21)22/h5-7,11H,1-4H2,(H,14,17). The Balaban J connectivity index is 2.37. The van der Waals surface area contributed by atoms with Gasteiger partial charge in [0, 0.05) is 24.1 Å². The fourth-order valence-corrected chi connectivity index (χ4v) is 2.32. The summed E-state index contributed by atoms with van der Waals surface area (Å²) in [7, 11) is 0. The summed E-state index contributed by atoms with van der Waals surface area (Å²) >= 11 is 0. The lowest BCUT2D eigenvalue weighted by atomic mass is 9.99. The van der Waals surface area contributed by atoms with Crippen LogP contribution in [0.25, 0.3) is 0 Å². The van der Waals surface area contributed by atoms with E-state index in [0.717, 1.165) is 18.2 Å². The number of hydrogen-bond donors (Lipinski definition) is 1.